The van der Waals surface area contributed by atoms with Gasteiger partial charge in [0.2, 0.25) is 0 Å². The molecule has 2 unspecified atom stereocenters. The van der Waals surface area contributed by atoms with Crippen LogP contribution in [0.25, 0.3) is 0 Å². The van der Waals surface area contributed by atoms with Crippen LogP contribution in [0, 0.1) is 32.5 Å². The maximum atomic E-state index is 14.8. The molecule has 4 rings (SSSR count). The normalized spacial score (nSPS) is 43.3. The van der Waals surface area contributed by atoms with Crippen molar-refractivity contribution in [1.82, 2.24) is 0 Å². The van der Waals surface area contributed by atoms with Crippen LogP contribution in [0.1, 0.15) is 90.0 Å². The third-order valence-electron chi connectivity index (χ3n) is 8.24. The molecule has 0 aromatic carbocycles. The fraction of sp³-hybridized carbons (Fsp3) is 0.958. The first-order valence-corrected chi connectivity index (χ1v) is 10.8. The monoisotopic (exact) mass is 432 g/mol. The predicted octanol–water partition coefficient (Wildman–Crippen LogP) is 6.54. The number of hydrogen-bond acceptors (Lipinski definition) is 3. The molecule has 0 radical (unpaired) electrons. The average Bonchev–Trinajstić information content (AvgIpc) is 3.13. The number of esters is 1. The van der Waals surface area contributed by atoms with E-state index in [0.29, 0.717) is 0 Å². The summed E-state index contributed by atoms with van der Waals surface area (Å²) in [7, 11) is 0. The molecule has 2 saturated heterocycles. The standard InChI is InChI=1S/C24H39F3O3/c1-15(2,3)21-20(14(28)29-18(10,11)12)19(13,24(25,26)27)30-23(21,17(7,8)9)22(20,21)16(4,5)6/h1-13H3/t19-,20?,21?,22?,23?/m0/s1. The van der Waals surface area contributed by atoms with E-state index in [0.717, 1.165) is 6.92 Å². The highest BCUT2D eigenvalue weighted by molar-refractivity contribution is 5.97. The molecular weight excluding hydrogens is 393 g/mol. The molecule has 2 heterocycles. The highest BCUT2D eigenvalue weighted by atomic mass is 19.4. The van der Waals surface area contributed by atoms with Crippen molar-refractivity contribution in [2.24, 2.45) is 32.5 Å². The first kappa shape index (κ1) is 23.9. The lowest BCUT2D eigenvalue weighted by Crippen LogP contribution is -2.59. The van der Waals surface area contributed by atoms with Crippen molar-refractivity contribution in [2.45, 2.75) is 113 Å². The summed E-state index contributed by atoms with van der Waals surface area (Å²) in [6, 6.07) is 0. The number of hydrogen-bond donors (Lipinski definition) is 0. The van der Waals surface area contributed by atoms with Gasteiger partial charge >= 0.3 is 12.1 Å². The van der Waals surface area contributed by atoms with Crippen molar-refractivity contribution < 1.29 is 27.4 Å². The van der Waals surface area contributed by atoms with Crippen LogP contribution in [0.2, 0.25) is 0 Å². The summed E-state index contributed by atoms with van der Waals surface area (Å²) in [6.07, 6.45) is -4.73. The van der Waals surface area contributed by atoms with Crippen molar-refractivity contribution in [3.63, 3.8) is 0 Å². The first-order valence-electron chi connectivity index (χ1n) is 10.8. The Bertz CT molecular complexity index is 772. The van der Waals surface area contributed by atoms with Gasteiger partial charge in [-0.05, 0) is 43.9 Å². The van der Waals surface area contributed by atoms with Crippen molar-refractivity contribution in [3.05, 3.63) is 0 Å². The summed E-state index contributed by atoms with van der Waals surface area (Å²) in [6.45, 7) is 23.6. The van der Waals surface area contributed by atoms with Gasteiger partial charge in [0, 0.05) is 10.8 Å². The second-order valence-corrected chi connectivity index (χ2v) is 13.8. The summed E-state index contributed by atoms with van der Waals surface area (Å²) < 4.78 is 56.4. The molecule has 2 bridgehead atoms. The zero-order chi connectivity index (χ0) is 24.0. The van der Waals surface area contributed by atoms with Gasteiger partial charge in [0.25, 0.3) is 0 Å². The molecule has 6 heteroatoms. The van der Waals surface area contributed by atoms with Gasteiger partial charge in [-0.2, -0.15) is 13.2 Å². The van der Waals surface area contributed by atoms with E-state index in [1.807, 2.05) is 62.3 Å². The molecule has 2 aliphatic heterocycles. The van der Waals surface area contributed by atoms with Gasteiger partial charge in [-0.1, -0.05) is 62.3 Å². The predicted molar refractivity (Wildman–Crippen MR) is 110 cm³/mol. The van der Waals surface area contributed by atoms with Crippen molar-refractivity contribution in [3.8, 4) is 0 Å². The number of rotatable bonds is 1. The van der Waals surface area contributed by atoms with Crippen LogP contribution in [-0.2, 0) is 14.3 Å². The van der Waals surface area contributed by atoms with Gasteiger partial charge in [-0.15, -0.1) is 0 Å². The Labute approximate surface area is 179 Å². The van der Waals surface area contributed by atoms with E-state index < -0.39 is 61.4 Å². The van der Waals surface area contributed by atoms with Crippen LogP contribution in [-0.4, -0.2) is 28.9 Å². The SMILES string of the molecule is CC(C)(C)OC(=O)C12C3(C(C)(C)C)C(C(C)(C)C)(O[C@]1(C)C(F)(F)F)C32C(C)(C)C. The lowest BCUT2D eigenvalue weighted by Gasteiger charge is -2.46. The zero-order valence-corrected chi connectivity index (χ0v) is 20.9. The van der Waals surface area contributed by atoms with Crippen LogP contribution >= 0.6 is 0 Å². The van der Waals surface area contributed by atoms with Gasteiger partial charge in [0.15, 0.2) is 5.60 Å². The minimum absolute atomic E-state index is 0.609. The Balaban J connectivity index is 2.47. The molecule has 0 aromatic heterocycles. The molecule has 2 aliphatic carbocycles. The fourth-order valence-electron chi connectivity index (χ4n) is 8.52. The summed E-state index contributed by atoms with van der Waals surface area (Å²) in [5, 5.41) is 0. The molecular formula is C24H39F3O3. The largest absolute Gasteiger partial charge is 0.459 e. The van der Waals surface area contributed by atoms with E-state index in [9.17, 15) is 18.0 Å². The topological polar surface area (TPSA) is 35.5 Å². The van der Waals surface area contributed by atoms with E-state index >= 15 is 0 Å². The minimum Gasteiger partial charge on any atom is -0.459 e. The van der Waals surface area contributed by atoms with Crippen LogP contribution in [0.3, 0.4) is 0 Å². The third-order valence-corrected chi connectivity index (χ3v) is 8.24. The summed E-state index contributed by atoms with van der Waals surface area (Å²) in [4.78, 5) is 13.9. The van der Waals surface area contributed by atoms with Crippen molar-refractivity contribution in [1.29, 1.82) is 0 Å². The Hall–Kier alpha value is -0.780. The molecule has 4 fully saturated rings. The third kappa shape index (κ3) is 1.79. The molecule has 4 aliphatic rings. The summed E-state index contributed by atoms with van der Waals surface area (Å²) >= 11 is 0. The van der Waals surface area contributed by atoms with Crippen molar-refractivity contribution >= 4 is 5.97 Å². The fourth-order valence-corrected chi connectivity index (χ4v) is 8.52. The van der Waals surface area contributed by atoms with Crippen LogP contribution in [0.5, 0.6) is 0 Å². The molecule has 3 nitrogen and oxygen atoms in total. The summed E-state index contributed by atoms with van der Waals surface area (Å²) in [5.41, 5.74) is -10.3. The van der Waals surface area contributed by atoms with E-state index in [4.69, 9.17) is 9.47 Å². The van der Waals surface area contributed by atoms with E-state index in [-0.39, 0.29) is 0 Å². The average molecular weight is 433 g/mol. The van der Waals surface area contributed by atoms with Gasteiger partial charge in [-0.3, -0.25) is 4.79 Å². The minimum atomic E-state index is -4.73. The number of halogens is 3. The molecule has 0 spiro atoms. The number of alkyl halides is 3. The van der Waals surface area contributed by atoms with Gasteiger partial charge < -0.3 is 9.47 Å². The second-order valence-electron chi connectivity index (χ2n) is 13.8. The number of fused-ring (bicyclic) bond motifs is 1. The van der Waals surface area contributed by atoms with E-state index in [1.165, 1.54) is 0 Å². The summed E-state index contributed by atoms with van der Waals surface area (Å²) in [5.74, 6) is -0.781. The molecule has 30 heavy (non-hydrogen) atoms. The molecule has 2 saturated carbocycles. The lowest BCUT2D eigenvalue weighted by molar-refractivity contribution is -0.282. The number of carbonyl (C=O) groups excluding carboxylic acids is 1. The molecule has 0 N–H and O–H groups in total. The van der Waals surface area contributed by atoms with Crippen LogP contribution < -0.4 is 0 Å². The van der Waals surface area contributed by atoms with E-state index in [1.54, 1.807) is 20.8 Å². The second kappa shape index (κ2) is 5.07. The molecule has 0 amide bonds. The smallest absolute Gasteiger partial charge is 0.418 e. The van der Waals surface area contributed by atoms with Gasteiger partial charge in [0.1, 0.15) is 11.0 Å². The quantitative estimate of drug-likeness (QED) is 0.441. The van der Waals surface area contributed by atoms with Crippen LogP contribution in [0.15, 0.2) is 0 Å². The first-order chi connectivity index (χ1) is 12.8. The highest BCUT2D eigenvalue weighted by Gasteiger charge is 3.28. The molecule has 0 aromatic rings. The van der Waals surface area contributed by atoms with Crippen LogP contribution in [0.4, 0.5) is 13.2 Å². The Morgan fingerprint density at radius 2 is 1.10 bits per heavy atom. The van der Waals surface area contributed by atoms with E-state index in [2.05, 4.69) is 0 Å². The zero-order valence-electron chi connectivity index (χ0n) is 20.9. The Kier molecular flexibility index (Phi) is 4.03. The van der Waals surface area contributed by atoms with Gasteiger partial charge in [-0.25, -0.2) is 0 Å². The molecule has 3 atom stereocenters. The lowest BCUT2D eigenvalue weighted by atomic mass is 9.55. The number of carbonyl (C=O) groups is 1. The van der Waals surface area contributed by atoms with Crippen molar-refractivity contribution in [2.75, 3.05) is 0 Å². The Morgan fingerprint density at radius 3 is 1.33 bits per heavy atom. The number of ether oxygens (including phenoxy) is 2. The Morgan fingerprint density at radius 1 is 0.733 bits per heavy atom. The maximum Gasteiger partial charge on any atom is 0.418 e. The highest BCUT2D eigenvalue weighted by Crippen LogP contribution is 3.18. The maximum absolute atomic E-state index is 14.8. The molecule has 174 valence electrons. The van der Waals surface area contributed by atoms with Gasteiger partial charge in [0.05, 0.1) is 5.60 Å².